The van der Waals surface area contributed by atoms with E-state index in [0.29, 0.717) is 38.2 Å². The topological polar surface area (TPSA) is 111 Å². The number of imide groups is 1. The molecule has 0 bridgehead atoms. The van der Waals surface area contributed by atoms with Crippen LogP contribution >= 0.6 is 0 Å². The number of nitrogens with zero attached hydrogens (tertiary/aromatic N) is 1. The molecule has 2 atom stereocenters. The van der Waals surface area contributed by atoms with Gasteiger partial charge < -0.3 is 20.6 Å². The molecule has 4 N–H and O–H groups in total. The number of fused-ring (bicyclic) bond motifs is 1. The van der Waals surface area contributed by atoms with Gasteiger partial charge >= 0.3 is 0 Å². The van der Waals surface area contributed by atoms with Gasteiger partial charge in [0, 0.05) is 44.2 Å². The van der Waals surface area contributed by atoms with Crippen LogP contribution in [0.3, 0.4) is 0 Å². The van der Waals surface area contributed by atoms with Crippen molar-refractivity contribution < 1.29 is 19.5 Å². The number of hydrogen-bond donors (Lipinski definition) is 4. The maximum atomic E-state index is 13.0. The molecule has 0 spiro atoms. The van der Waals surface area contributed by atoms with Crippen LogP contribution < -0.4 is 16.0 Å². The summed E-state index contributed by atoms with van der Waals surface area (Å²) in [7, 11) is 0. The zero-order valence-corrected chi connectivity index (χ0v) is 15.2. The van der Waals surface area contributed by atoms with E-state index in [9.17, 15) is 19.5 Å². The van der Waals surface area contributed by atoms with Gasteiger partial charge in [-0.05, 0) is 24.5 Å². The van der Waals surface area contributed by atoms with Crippen LogP contribution in [0.15, 0.2) is 18.2 Å². The summed E-state index contributed by atoms with van der Waals surface area (Å²) < 4.78 is 0. The van der Waals surface area contributed by atoms with Crippen LogP contribution in [0.4, 0.5) is 0 Å². The highest BCUT2D eigenvalue weighted by atomic mass is 16.3. The number of hydrogen-bond acceptors (Lipinski definition) is 6. The molecule has 0 radical (unpaired) electrons. The van der Waals surface area contributed by atoms with Gasteiger partial charge in [-0.2, -0.15) is 0 Å². The number of benzene rings is 1. The molecule has 0 saturated carbocycles. The molecule has 3 amide bonds. The van der Waals surface area contributed by atoms with Crippen molar-refractivity contribution in [3.63, 3.8) is 0 Å². The Morgan fingerprint density at radius 1 is 1.33 bits per heavy atom. The summed E-state index contributed by atoms with van der Waals surface area (Å²) in [6, 6.07) is 4.98. The second kappa shape index (κ2) is 6.70. The summed E-state index contributed by atoms with van der Waals surface area (Å²) in [6.07, 6.45) is 0.601. The molecule has 3 aliphatic heterocycles. The lowest BCUT2D eigenvalue weighted by Crippen LogP contribution is -2.68. The minimum atomic E-state index is -0.763. The van der Waals surface area contributed by atoms with E-state index in [1.54, 1.807) is 4.90 Å². The number of aliphatic hydroxyl groups is 1. The fourth-order valence-electron chi connectivity index (χ4n) is 3.98. The molecule has 8 nitrogen and oxygen atoms in total. The molecule has 0 aromatic heterocycles. The Labute approximate surface area is 157 Å². The van der Waals surface area contributed by atoms with Crippen molar-refractivity contribution in [2.24, 2.45) is 0 Å². The predicted octanol–water partition coefficient (Wildman–Crippen LogP) is -0.740. The van der Waals surface area contributed by atoms with Crippen molar-refractivity contribution >= 4 is 17.7 Å². The molecule has 1 aromatic carbocycles. The van der Waals surface area contributed by atoms with Crippen LogP contribution in [-0.2, 0) is 22.7 Å². The van der Waals surface area contributed by atoms with Gasteiger partial charge in [0.2, 0.25) is 11.8 Å². The van der Waals surface area contributed by atoms with Crippen molar-refractivity contribution in [1.82, 2.24) is 20.9 Å². The monoisotopic (exact) mass is 372 g/mol. The number of carbonyl (C=O) groups is 3. The summed E-state index contributed by atoms with van der Waals surface area (Å²) >= 11 is 0. The van der Waals surface area contributed by atoms with Crippen LogP contribution in [0.2, 0.25) is 0 Å². The zero-order valence-electron chi connectivity index (χ0n) is 15.2. The van der Waals surface area contributed by atoms with E-state index in [0.717, 1.165) is 11.1 Å². The number of β-amino-alcohol motifs (C(OH)–C–C–N with tert-alkyl or cyclic N) is 1. The highest BCUT2D eigenvalue weighted by molar-refractivity contribution is 6.05. The highest BCUT2D eigenvalue weighted by Gasteiger charge is 2.41. The fourth-order valence-corrected chi connectivity index (χ4v) is 3.98. The number of amides is 3. The highest BCUT2D eigenvalue weighted by Crippen LogP contribution is 2.30. The molecule has 3 heterocycles. The SMILES string of the molecule is CC(NCc1cccc2c1C(=O)N(C1CCC(=O)NC1=O)C2)C1(O)CNC1. The fraction of sp³-hybridized carbons (Fsp3) is 0.526. The largest absolute Gasteiger partial charge is 0.386 e. The van der Waals surface area contributed by atoms with Gasteiger partial charge in [-0.3, -0.25) is 19.7 Å². The van der Waals surface area contributed by atoms with Crippen molar-refractivity contribution in [3.8, 4) is 0 Å². The van der Waals surface area contributed by atoms with E-state index in [-0.39, 0.29) is 24.3 Å². The first-order chi connectivity index (χ1) is 12.9. The van der Waals surface area contributed by atoms with Gasteiger partial charge in [-0.25, -0.2) is 0 Å². The number of piperidine rings is 1. The second-order valence-electron chi connectivity index (χ2n) is 7.66. The van der Waals surface area contributed by atoms with Crippen molar-refractivity contribution in [1.29, 1.82) is 0 Å². The number of rotatable bonds is 5. The summed E-state index contributed by atoms with van der Waals surface area (Å²) in [5, 5.41) is 19.1. The summed E-state index contributed by atoms with van der Waals surface area (Å²) in [5.41, 5.74) is 1.61. The molecule has 4 rings (SSSR count). The Hall–Kier alpha value is -2.29. The Balaban J connectivity index is 1.50. The quantitative estimate of drug-likeness (QED) is 0.507. The van der Waals surface area contributed by atoms with Gasteiger partial charge in [0.15, 0.2) is 0 Å². The van der Waals surface area contributed by atoms with Crippen LogP contribution in [-0.4, -0.2) is 58.5 Å². The van der Waals surface area contributed by atoms with Gasteiger partial charge in [-0.1, -0.05) is 18.2 Å². The predicted molar refractivity (Wildman–Crippen MR) is 96.6 cm³/mol. The van der Waals surface area contributed by atoms with E-state index < -0.39 is 17.6 Å². The lowest BCUT2D eigenvalue weighted by molar-refractivity contribution is -0.136. The van der Waals surface area contributed by atoms with Crippen molar-refractivity contribution in [2.75, 3.05) is 13.1 Å². The molecule has 1 aromatic rings. The van der Waals surface area contributed by atoms with Crippen LogP contribution in [0.25, 0.3) is 0 Å². The summed E-state index contributed by atoms with van der Waals surface area (Å²) in [5.74, 6) is -0.864. The van der Waals surface area contributed by atoms with Crippen LogP contribution in [0.5, 0.6) is 0 Å². The molecule has 0 aliphatic carbocycles. The van der Waals surface area contributed by atoms with E-state index in [1.807, 2.05) is 25.1 Å². The first kappa shape index (κ1) is 18.1. The Morgan fingerprint density at radius 2 is 2.11 bits per heavy atom. The van der Waals surface area contributed by atoms with Crippen molar-refractivity contribution in [2.45, 2.75) is 50.5 Å². The number of carbonyl (C=O) groups excluding carboxylic acids is 3. The number of nitrogens with one attached hydrogen (secondary N) is 3. The summed E-state index contributed by atoms with van der Waals surface area (Å²) in [4.78, 5) is 38.1. The molecule has 3 aliphatic rings. The first-order valence-corrected chi connectivity index (χ1v) is 9.31. The molecular weight excluding hydrogens is 348 g/mol. The lowest BCUT2D eigenvalue weighted by Gasteiger charge is -2.42. The van der Waals surface area contributed by atoms with E-state index in [2.05, 4.69) is 16.0 Å². The third-order valence-corrected chi connectivity index (χ3v) is 5.91. The molecule has 2 saturated heterocycles. The maximum Gasteiger partial charge on any atom is 0.255 e. The minimum absolute atomic E-state index is 0.114. The lowest BCUT2D eigenvalue weighted by atomic mass is 9.89. The van der Waals surface area contributed by atoms with Crippen molar-refractivity contribution in [3.05, 3.63) is 34.9 Å². The van der Waals surface area contributed by atoms with Gasteiger partial charge in [0.05, 0.1) is 0 Å². The zero-order chi connectivity index (χ0) is 19.2. The molecule has 8 heteroatoms. The third-order valence-electron chi connectivity index (χ3n) is 5.91. The van der Waals surface area contributed by atoms with Gasteiger partial charge in [-0.15, -0.1) is 0 Å². The van der Waals surface area contributed by atoms with E-state index in [1.165, 1.54) is 0 Å². The minimum Gasteiger partial charge on any atom is -0.386 e. The Kier molecular flexibility index (Phi) is 4.49. The third kappa shape index (κ3) is 3.13. The van der Waals surface area contributed by atoms with E-state index in [4.69, 9.17) is 0 Å². The molecule has 144 valence electrons. The molecule has 2 fully saturated rings. The normalized spacial score (nSPS) is 25.0. The average molecular weight is 372 g/mol. The summed E-state index contributed by atoms with van der Waals surface area (Å²) in [6.45, 7) is 3.87. The second-order valence-corrected chi connectivity index (χ2v) is 7.66. The molecule has 27 heavy (non-hydrogen) atoms. The Bertz CT molecular complexity index is 805. The van der Waals surface area contributed by atoms with Gasteiger partial charge in [0.1, 0.15) is 11.6 Å². The van der Waals surface area contributed by atoms with Crippen LogP contribution in [0, 0.1) is 0 Å². The Morgan fingerprint density at radius 3 is 2.78 bits per heavy atom. The average Bonchev–Trinajstić information content (AvgIpc) is 2.95. The first-order valence-electron chi connectivity index (χ1n) is 9.31. The maximum absolute atomic E-state index is 13.0. The van der Waals surface area contributed by atoms with E-state index >= 15 is 0 Å². The standard InChI is InChI=1S/C19H24N4O4/c1-11(19(27)9-20-10-19)21-7-12-3-2-4-13-8-23(18(26)16(12)13)14-5-6-15(24)22-17(14)25/h2-4,11,14,20-21,27H,5-10H2,1H3,(H,22,24,25). The van der Waals surface area contributed by atoms with Gasteiger partial charge in [0.25, 0.3) is 5.91 Å². The molecular formula is C19H24N4O4. The molecule has 2 unspecified atom stereocenters. The smallest absolute Gasteiger partial charge is 0.255 e. The van der Waals surface area contributed by atoms with Crippen LogP contribution in [0.1, 0.15) is 41.3 Å².